The molecule has 6 heteroatoms. The normalized spacial score (nSPS) is 18.6. The third-order valence-electron chi connectivity index (χ3n) is 7.27. The predicted molar refractivity (Wildman–Crippen MR) is 139 cm³/mol. The Labute approximate surface area is 208 Å². The molecule has 1 amide bonds. The van der Waals surface area contributed by atoms with E-state index in [0.717, 1.165) is 61.4 Å². The quantitative estimate of drug-likeness (QED) is 0.508. The van der Waals surface area contributed by atoms with Crippen LogP contribution in [0.4, 0.5) is 11.5 Å². The van der Waals surface area contributed by atoms with Gasteiger partial charge in [0.25, 0.3) is 5.91 Å². The van der Waals surface area contributed by atoms with Gasteiger partial charge in [0.15, 0.2) is 0 Å². The number of benzene rings is 1. The molecule has 4 heterocycles. The van der Waals surface area contributed by atoms with Crippen molar-refractivity contribution in [1.29, 1.82) is 0 Å². The van der Waals surface area contributed by atoms with Crippen molar-refractivity contribution in [1.82, 2.24) is 9.97 Å². The fraction of sp³-hybridized carbons (Fsp3) is 0.414. The van der Waals surface area contributed by atoms with Crippen molar-refractivity contribution in [3.05, 3.63) is 83.3 Å². The highest BCUT2D eigenvalue weighted by Gasteiger charge is 2.30. The standard InChI is InChI=1S/C29H34N4O2/c1-21-3-4-22(2)27(17-21)33(26-9-15-35-16-10-26)29(34)25-7-13-31-28(19-25)32-14-8-24(20-32)18-23-5-11-30-12-6-23/h3-7,11-13,17,19,24,26H,8-10,14-16,18,20H2,1-2H3. The number of carbonyl (C=O) groups excluding carboxylic acids is 1. The third-order valence-corrected chi connectivity index (χ3v) is 7.27. The Kier molecular flexibility index (Phi) is 7.09. The van der Waals surface area contributed by atoms with Gasteiger partial charge in [0.2, 0.25) is 0 Å². The predicted octanol–water partition coefficient (Wildman–Crippen LogP) is 4.99. The van der Waals surface area contributed by atoms with Crippen LogP contribution in [0.5, 0.6) is 0 Å². The van der Waals surface area contributed by atoms with Crippen LogP contribution in [0.3, 0.4) is 0 Å². The molecular weight excluding hydrogens is 436 g/mol. The summed E-state index contributed by atoms with van der Waals surface area (Å²) < 4.78 is 5.61. The minimum Gasteiger partial charge on any atom is -0.381 e. The molecule has 35 heavy (non-hydrogen) atoms. The number of rotatable bonds is 6. The van der Waals surface area contributed by atoms with Crippen LogP contribution in [0.2, 0.25) is 0 Å². The van der Waals surface area contributed by atoms with Crippen LogP contribution in [0.15, 0.2) is 61.1 Å². The lowest BCUT2D eigenvalue weighted by Crippen LogP contribution is -2.44. The minimum absolute atomic E-state index is 0.0433. The zero-order chi connectivity index (χ0) is 24.2. The van der Waals surface area contributed by atoms with Gasteiger partial charge < -0.3 is 14.5 Å². The molecule has 182 valence electrons. The Hall–Kier alpha value is -3.25. The summed E-state index contributed by atoms with van der Waals surface area (Å²) in [6.45, 7) is 7.45. The molecule has 0 spiro atoms. The largest absolute Gasteiger partial charge is 0.381 e. The van der Waals surface area contributed by atoms with Gasteiger partial charge in [-0.15, -0.1) is 0 Å². The summed E-state index contributed by atoms with van der Waals surface area (Å²) in [5.41, 5.74) is 5.29. The number of ether oxygens (including phenoxy) is 1. The van der Waals surface area contributed by atoms with Gasteiger partial charge in [-0.05, 0) is 92.5 Å². The zero-order valence-corrected chi connectivity index (χ0v) is 20.7. The molecule has 0 N–H and O–H groups in total. The number of pyridine rings is 2. The molecule has 6 nitrogen and oxygen atoms in total. The van der Waals surface area contributed by atoms with Gasteiger partial charge >= 0.3 is 0 Å². The van der Waals surface area contributed by atoms with E-state index in [1.807, 2.05) is 29.4 Å². The number of anilines is 2. The minimum atomic E-state index is 0.0433. The van der Waals surface area contributed by atoms with Crippen molar-refractivity contribution in [3.63, 3.8) is 0 Å². The number of aromatic nitrogens is 2. The Bertz CT molecular complexity index is 1160. The van der Waals surface area contributed by atoms with Crippen LogP contribution in [0.25, 0.3) is 0 Å². The van der Waals surface area contributed by atoms with Crippen LogP contribution in [0, 0.1) is 19.8 Å². The van der Waals surface area contributed by atoms with E-state index in [1.165, 1.54) is 5.56 Å². The SMILES string of the molecule is Cc1ccc(C)c(N(C(=O)c2ccnc(N3CCC(Cc4ccncc4)C3)c2)C2CCOCC2)c1. The highest BCUT2D eigenvalue weighted by molar-refractivity contribution is 6.07. The topological polar surface area (TPSA) is 58.6 Å². The molecule has 0 aliphatic carbocycles. The number of carbonyl (C=O) groups is 1. The molecule has 1 unspecified atom stereocenters. The van der Waals surface area contributed by atoms with Gasteiger partial charge in [-0.25, -0.2) is 4.98 Å². The Morgan fingerprint density at radius 3 is 2.63 bits per heavy atom. The lowest BCUT2D eigenvalue weighted by molar-refractivity contribution is 0.0772. The van der Waals surface area contributed by atoms with Gasteiger partial charge in [-0.2, -0.15) is 0 Å². The van der Waals surface area contributed by atoms with Crippen molar-refractivity contribution >= 4 is 17.4 Å². The van der Waals surface area contributed by atoms with Crippen LogP contribution in [-0.2, 0) is 11.2 Å². The summed E-state index contributed by atoms with van der Waals surface area (Å²) in [5, 5.41) is 0. The summed E-state index contributed by atoms with van der Waals surface area (Å²) in [6, 6.07) is 14.5. The first-order chi connectivity index (χ1) is 17.1. The van der Waals surface area contributed by atoms with E-state index in [4.69, 9.17) is 4.74 Å². The van der Waals surface area contributed by atoms with Crippen molar-refractivity contribution in [2.75, 3.05) is 36.1 Å². The molecule has 0 saturated carbocycles. The lowest BCUT2D eigenvalue weighted by Gasteiger charge is -2.35. The molecule has 0 radical (unpaired) electrons. The molecule has 2 aromatic heterocycles. The van der Waals surface area contributed by atoms with Gasteiger partial charge in [-0.3, -0.25) is 9.78 Å². The lowest BCUT2D eigenvalue weighted by atomic mass is 10.00. The molecule has 2 saturated heterocycles. The van der Waals surface area contributed by atoms with E-state index < -0.39 is 0 Å². The second kappa shape index (κ2) is 10.6. The molecular formula is C29H34N4O2. The maximum atomic E-state index is 14.0. The average molecular weight is 471 g/mol. The maximum Gasteiger partial charge on any atom is 0.258 e. The smallest absolute Gasteiger partial charge is 0.258 e. The number of hydrogen-bond donors (Lipinski definition) is 0. The first-order valence-corrected chi connectivity index (χ1v) is 12.7. The second-order valence-electron chi connectivity index (χ2n) is 9.87. The van der Waals surface area contributed by atoms with Crippen LogP contribution < -0.4 is 9.80 Å². The zero-order valence-electron chi connectivity index (χ0n) is 20.7. The molecule has 1 aromatic carbocycles. The fourth-order valence-corrected chi connectivity index (χ4v) is 5.32. The summed E-state index contributed by atoms with van der Waals surface area (Å²) >= 11 is 0. The number of nitrogens with zero attached hydrogens (tertiary/aromatic N) is 4. The highest BCUT2D eigenvalue weighted by atomic mass is 16.5. The first kappa shape index (κ1) is 23.5. The molecule has 3 aromatic rings. The maximum absolute atomic E-state index is 14.0. The van der Waals surface area contributed by atoms with Crippen LogP contribution >= 0.6 is 0 Å². The number of amides is 1. The van der Waals surface area contributed by atoms with E-state index in [-0.39, 0.29) is 11.9 Å². The summed E-state index contributed by atoms with van der Waals surface area (Å²) in [7, 11) is 0. The highest BCUT2D eigenvalue weighted by Crippen LogP contribution is 2.31. The second-order valence-corrected chi connectivity index (χ2v) is 9.87. The summed E-state index contributed by atoms with van der Waals surface area (Å²) in [5.74, 6) is 1.51. The first-order valence-electron chi connectivity index (χ1n) is 12.7. The van der Waals surface area contributed by atoms with E-state index in [0.29, 0.717) is 24.7 Å². The Morgan fingerprint density at radius 1 is 1.03 bits per heavy atom. The Morgan fingerprint density at radius 2 is 1.83 bits per heavy atom. The molecule has 1 atom stereocenters. The Balaban J connectivity index is 1.37. The summed E-state index contributed by atoms with van der Waals surface area (Å²) in [4.78, 5) is 27.1. The van der Waals surface area contributed by atoms with E-state index in [9.17, 15) is 4.79 Å². The van der Waals surface area contributed by atoms with Gasteiger partial charge in [0, 0.05) is 62.2 Å². The number of aryl methyl sites for hydroxylation is 2. The van der Waals surface area contributed by atoms with Crippen molar-refractivity contribution in [2.45, 2.75) is 45.6 Å². The molecule has 2 aliphatic heterocycles. The van der Waals surface area contributed by atoms with Crippen molar-refractivity contribution < 1.29 is 9.53 Å². The van der Waals surface area contributed by atoms with Crippen LogP contribution in [0.1, 0.15) is 46.3 Å². The molecule has 5 rings (SSSR count). The molecule has 2 fully saturated rings. The van der Waals surface area contributed by atoms with Gasteiger partial charge in [0.1, 0.15) is 5.82 Å². The van der Waals surface area contributed by atoms with Gasteiger partial charge in [-0.1, -0.05) is 12.1 Å². The fourth-order valence-electron chi connectivity index (χ4n) is 5.32. The van der Waals surface area contributed by atoms with E-state index in [2.05, 4.69) is 59.0 Å². The van der Waals surface area contributed by atoms with E-state index in [1.54, 1.807) is 6.20 Å². The van der Waals surface area contributed by atoms with Crippen LogP contribution in [-0.4, -0.2) is 48.2 Å². The van der Waals surface area contributed by atoms with E-state index >= 15 is 0 Å². The monoisotopic (exact) mass is 470 g/mol. The average Bonchev–Trinajstić information content (AvgIpc) is 3.36. The summed E-state index contributed by atoms with van der Waals surface area (Å²) in [6.07, 6.45) is 9.36. The number of hydrogen-bond acceptors (Lipinski definition) is 5. The molecule has 2 aliphatic rings. The van der Waals surface area contributed by atoms with Crippen molar-refractivity contribution in [2.24, 2.45) is 5.92 Å². The van der Waals surface area contributed by atoms with Gasteiger partial charge in [0.05, 0.1) is 0 Å². The van der Waals surface area contributed by atoms with Crippen molar-refractivity contribution in [3.8, 4) is 0 Å². The molecule has 0 bridgehead atoms. The third kappa shape index (κ3) is 5.38.